The van der Waals surface area contributed by atoms with Gasteiger partial charge in [-0.25, -0.2) is 8.42 Å². The molecule has 1 heterocycles. The molecule has 1 saturated heterocycles. The maximum absolute atomic E-state index is 14.2. The number of allylic oxidation sites excluding steroid dienone is 2. The summed E-state index contributed by atoms with van der Waals surface area (Å²) >= 11 is 0. The number of nitrogens with zero attached hydrogens (tertiary/aromatic N) is 1. The number of aldehydes is 1. The van der Waals surface area contributed by atoms with Crippen LogP contribution in [-0.2, 0) is 19.4 Å². The van der Waals surface area contributed by atoms with E-state index >= 15 is 0 Å². The zero-order chi connectivity index (χ0) is 35.7. The molecule has 8 atom stereocenters. The number of carbonyl (C=O) groups excluding carboxylic acids is 3. The first-order valence-electron chi connectivity index (χ1n) is 19.6. The first kappa shape index (κ1) is 36.1. The van der Waals surface area contributed by atoms with Gasteiger partial charge in [0.05, 0.1) is 11.5 Å². The molecule has 4 saturated carbocycles. The number of hydrogen-bond acceptors (Lipinski definition) is 6. The van der Waals surface area contributed by atoms with Crippen LogP contribution in [0.2, 0.25) is 0 Å². The third-order valence-corrected chi connectivity index (χ3v) is 17.9. The van der Waals surface area contributed by atoms with Gasteiger partial charge in [0.25, 0.3) is 5.91 Å². The van der Waals surface area contributed by atoms with Crippen molar-refractivity contribution in [3.63, 3.8) is 0 Å². The number of amides is 1. The highest BCUT2D eigenvalue weighted by Gasteiger charge is 2.70. The van der Waals surface area contributed by atoms with Crippen LogP contribution in [0.25, 0.3) is 5.57 Å². The van der Waals surface area contributed by atoms with Crippen molar-refractivity contribution >= 4 is 33.4 Å². The van der Waals surface area contributed by atoms with Crippen LogP contribution in [0.3, 0.4) is 0 Å². The highest BCUT2D eigenvalue weighted by molar-refractivity contribution is 7.91. The number of benzene rings is 1. The van der Waals surface area contributed by atoms with Crippen LogP contribution >= 0.6 is 0 Å². The van der Waals surface area contributed by atoms with Crippen molar-refractivity contribution in [1.29, 1.82) is 0 Å². The molecule has 1 aromatic carbocycles. The van der Waals surface area contributed by atoms with Crippen molar-refractivity contribution in [2.45, 2.75) is 105 Å². The molecule has 0 radical (unpaired) electrons. The van der Waals surface area contributed by atoms with Gasteiger partial charge in [-0.2, -0.15) is 0 Å². The SMILES string of the molecule is CC1(C)C(c2ccc(C=O)cc2)=CC[C@@]2(C)C1CC[C@]1(C)C2CC[C@@H]2[C@H]3CCC[C@]3(C(=O)C(=O)NCCCN3CCS(=O)(=O)CC3)CC[C@]21C. The maximum atomic E-state index is 14.2. The Bertz CT molecular complexity index is 1650. The molecule has 1 amide bonds. The molecular weight excluding hydrogens is 645 g/mol. The Morgan fingerprint density at radius 3 is 2.28 bits per heavy atom. The lowest BCUT2D eigenvalue weighted by molar-refractivity contribution is -0.221. The molecule has 0 bridgehead atoms. The van der Waals surface area contributed by atoms with Gasteiger partial charge in [-0.15, -0.1) is 0 Å². The molecular formula is C42H60N2O5S. The molecule has 6 aliphatic rings. The van der Waals surface area contributed by atoms with E-state index in [1.807, 2.05) is 12.1 Å². The summed E-state index contributed by atoms with van der Waals surface area (Å²) in [5.41, 5.74) is 3.40. The largest absolute Gasteiger partial charge is 0.349 e. The minimum atomic E-state index is -2.91. The Morgan fingerprint density at radius 1 is 0.860 bits per heavy atom. The van der Waals surface area contributed by atoms with Crippen LogP contribution < -0.4 is 5.32 Å². The second-order valence-electron chi connectivity index (χ2n) is 18.5. The van der Waals surface area contributed by atoms with Gasteiger partial charge >= 0.3 is 0 Å². The first-order chi connectivity index (χ1) is 23.6. The monoisotopic (exact) mass is 704 g/mol. The van der Waals surface area contributed by atoms with Crippen LogP contribution in [0.5, 0.6) is 0 Å². The van der Waals surface area contributed by atoms with E-state index in [0.717, 1.165) is 69.8 Å². The van der Waals surface area contributed by atoms with E-state index in [9.17, 15) is 22.8 Å². The maximum Gasteiger partial charge on any atom is 0.287 e. The van der Waals surface area contributed by atoms with Crippen molar-refractivity contribution in [3.05, 3.63) is 41.5 Å². The molecule has 1 aromatic rings. The molecule has 274 valence electrons. The lowest BCUT2D eigenvalue weighted by Crippen LogP contribution is -2.65. The summed E-state index contributed by atoms with van der Waals surface area (Å²) in [5, 5.41) is 2.99. The standard InChI is InChI=1S/C42H60N2O5S/c1-38(2)31(30-11-9-29(28-45)10-12-30)15-18-39(3)34(38)16-19-41(5)35(39)14-13-32-33-8-6-17-42(33,21-20-40(32,41)4)36(46)37(47)43-22-7-23-44-24-26-50(48,49)27-25-44/h9-12,15,28,32-35H,6-8,13-14,16-27H2,1-5H3,(H,43,47)/t32-,33-,34?,35?,39+,40-,41-,42+/m1/s1. The number of nitrogens with one attached hydrogen (secondary N) is 1. The summed E-state index contributed by atoms with van der Waals surface area (Å²) in [5.74, 6) is 1.77. The first-order valence-corrected chi connectivity index (χ1v) is 21.5. The van der Waals surface area contributed by atoms with Gasteiger partial charge in [0.1, 0.15) is 6.29 Å². The van der Waals surface area contributed by atoms with E-state index in [1.54, 1.807) is 0 Å². The van der Waals surface area contributed by atoms with Crippen LogP contribution in [-0.4, -0.2) is 69.0 Å². The molecule has 0 spiro atoms. The number of fused-ring (bicyclic) bond motifs is 7. The van der Waals surface area contributed by atoms with E-state index in [2.05, 4.69) is 63.0 Å². The minimum absolute atomic E-state index is 0.0240. The smallest absolute Gasteiger partial charge is 0.287 e. The molecule has 7 nitrogen and oxygen atoms in total. The summed E-state index contributed by atoms with van der Waals surface area (Å²) in [6.07, 6.45) is 14.8. The molecule has 5 aliphatic carbocycles. The topological polar surface area (TPSA) is 101 Å². The van der Waals surface area contributed by atoms with Gasteiger partial charge in [0.2, 0.25) is 5.78 Å². The van der Waals surface area contributed by atoms with E-state index in [1.165, 1.54) is 30.4 Å². The molecule has 5 fully saturated rings. The molecule has 0 aromatic heterocycles. The van der Waals surface area contributed by atoms with E-state index in [4.69, 9.17) is 0 Å². The lowest BCUT2D eigenvalue weighted by atomic mass is 9.32. The van der Waals surface area contributed by atoms with Gasteiger partial charge in [0.15, 0.2) is 9.84 Å². The molecule has 8 heteroatoms. The number of ketones is 1. The Hall–Kier alpha value is -2.32. The summed E-state index contributed by atoms with van der Waals surface area (Å²) in [6, 6.07) is 8.15. The number of carbonyl (C=O) groups is 3. The second-order valence-corrected chi connectivity index (χ2v) is 20.8. The second kappa shape index (κ2) is 12.7. The summed E-state index contributed by atoms with van der Waals surface area (Å²) in [6.45, 7) is 15.0. The molecule has 1 N–H and O–H groups in total. The zero-order valence-electron chi connectivity index (χ0n) is 31.2. The van der Waals surface area contributed by atoms with Gasteiger partial charge < -0.3 is 10.2 Å². The average molecular weight is 705 g/mol. The molecule has 7 rings (SSSR count). The lowest BCUT2D eigenvalue weighted by Gasteiger charge is -2.72. The summed E-state index contributed by atoms with van der Waals surface area (Å²) in [7, 11) is -2.91. The molecule has 50 heavy (non-hydrogen) atoms. The van der Waals surface area contributed by atoms with E-state index in [0.29, 0.717) is 37.4 Å². The fourth-order valence-electron chi connectivity index (χ4n) is 13.6. The highest BCUT2D eigenvalue weighted by Crippen LogP contribution is 2.77. The molecule has 1 aliphatic heterocycles. The van der Waals surface area contributed by atoms with Crippen LogP contribution in [0.4, 0.5) is 0 Å². The van der Waals surface area contributed by atoms with E-state index in [-0.39, 0.29) is 44.9 Å². The average Bonchev–Trinajstić information content (AvgIpc) is 3.52. The van der Waals surface area contributed by atoms with Crippen molar-refractivity contribution < 1.29 is 22.8 Å². The van der Waals surface area contributed by atoms with Crippen molar-refractivity contribution in [2.24, 2.45) is 50.7 Å². The third kappa shape index (κ3) is 5.51. The van der Waals surface area contributed by atoms with Crippen LogP contribution in [0.1, 0.15) is 121 Å². The molecule has 2 unspecified atom stereocenters. The van der Waals surface area contributed by atoms with E-state index < -0.39 is 21.2 Å². The van der Waals surface area contributed by atoms with Crippen LogP contribution in [0.15, 0.2) is 30.3 Å². The zero-order valence-corrected chi connectivity index (χ0v) is 32.0. The fraction of sp³-hybridized carbons (Fsp3) is 0.738. The number of sulfone groups is 1. The summed E-state index contributed by atoms with van der Waals surface area (Å²) < 4.78 is 23.5. The van der Waals surface area contributed by atoms with Gasteiger partial charge in [-0.1, -0.05) is 71.4 Å². The van der Waals surface area contributed by atoms with Gasteiger partial charge in [0, 0.05) is 30.6 Å². The number of Topliss-reactive ketones (excluding diaryl/α,β-unsaturated/α-hetero) is 1. The van der Waals surface area contributed by atoms with Gasteiger partial charge in [-0.05, 0) is 127 Å². The number of hydrogen-bond donors (Lipinski definition) is 1. The van der Waals surface area contributed by atoms with Crippen LogP contribution in [0, 0.1) is 50.7 Å². The Labute approximate surface area is 300 Å². The predicted molar refractivity (Wildman–Crippen MR) is 198 cm³/mol. The fourth-order valence-corrected chi connectivity index (χ4v) is 14.9. The quantitative estimate of drug-likeness (QED) is 0.175. The number of rotatable bonds is 8. The van der Waals surface area contributed by atoms with Crippen molar-refractivity contribution in [2.75, 3.05) is 37.7 Å². The predicted octanol–water partition coefficient (Wildman–Crippen LogP) is 7.15. The minimum Gasteiger partial charge on any atom is -0.349 e. The normalized spacial score (nSPS) is 40.3. The summed E-state index contributed by atoms with van der Waals surface area (Å²) in [4.78, 5) is 41.2. The Morgan fingerprint density at radius 2 is 1.58 bits per heavy atom. The Kier molecular flexibility index (Phi) is 9.14. The van der Waals surface area contributed by atoms with Gasteiger partial charge in [-0.3, -0.25) is 14.4 Å². The Balaban J connectivity index is 1.06. The van der Waals surface area contributed by atoms with Crippen molar-refractivity contribution in [1.82, 2.24) is 10.2 Å². The van der Waals surface area contributed by atoms with Crippen molar-refractivity contribution in [3.8, 4) is 0 Å². The highest BCUT2D eigenvalue weighted by atomic mass is 32.2. The third-order valence-electron chi connectivity index (χ3n) is 16.3.